The van der Waals surface area contributed by atoms with Gasteiger partial charge in [-0.15, -0.1) is 11.3 Å². The summed E-state index contributed by atoms with van der Waals surface area (Å²) >= 11 is 3.29. The average molecular weight is 479 g/mol. The highest BCUT2D eigenvalue weighted by molar-refractivity contribution is 7.98. The van der Waals surface area contributed by atoms with E-state index in [0.29, 0.717) is 12.5 Å². The number of ether oxygens (including phenoxy) is 1. The third-order valence-electron chi connectivity index (χ3n) is 6.04. The summed E-state index contributed by atoms with van der Waals surface area (Å²) in [7, 11) is 0. The zero-order valence-corrected chi connectivity index (χ0v) is 21.5. The molecule has 0 unspecified atom stereocenters. The van der Waals surface area contributed by atoms with Crippen molar-refractivity contribution in [3.05, 3.63) is 52.7 Å². The number of benzene rings is 1. The molecule has 7 heteroatoms. The van der Waals surface area contributed by atoms with Gasteiger partial charge in [0.25, 0.3) is 0 Å². The second-order valence-corrected chi connectivity index (χ2v) is 11.5. The van der Waals surface area contributed by atoms with Gasteiger partial charge < -0.3 is 10.1 Å². The monoisotopic (exact) mass is 478 g/mol. The number of pyridine rings is 1. The van der Waals surface area contributed by atoms with Gasteiger partial charge >= 0.3 is 0 Å². The van der Waals surface area contributed by atoms with Crippen LogP contribution in [0.1, 0.15) is 50.1 Å². The molecule has 1 aromatic carbocycles. The number of anilines is 1. The number of thiophene rings is 1. The molecule has 0 spiro atoms. The maximum absolute atomic E-state index is 6.22. The zero-order valence-electron chi connectivity index (χ0n) is 19.9. The smallest absolute Gasteiger partial charge is 0.189 e. The number of rotatable bonds is 6. The number of hydrogen-bond donors (Lipinski definition) is 1. The molecule has 0 saturated heterocycles. The Hall–Kier alpha value is -2.22. The van der Waals surface area contributed by atoms with Crippen LogP contribution in [0.5, 0.6) is 0 Å². The van der Waals surface area contributed by atoms with Crippen molar-refractivity contribution in [1.29, 1.82) is 0 Å². The predicted molar refractivity (Wildman–Crippen MR) is 139 cm³/mol. The minimum atomic E-state index is -0.200. The van der Waals surface area contributed by atoms with Crippen molar-refractivity contribution < 1.29 is 4.74 Å². The second kappa shape index (κ2) is 8.85. The Labute approximate surface area is 203 Å². The normalized spacial score (nSPS) is 15.3. The summed E-state index contributed by atoms with van der Waals surface area (Å²) in [6.07, 6.45) is 3.85. The topological polar surface area (TPSA) is 59.9 Å². The fourth-order valence-corrected chi connectivity index (χ4v) is 5.96. The van der Waals surface area contributed by atoms with Gasteiger partial charge in [0.1, 0.15) is 10.6 Å². The van der Waals surface area contributed by atoms with Gasteiger partial charge in [0.2, 0.25) is 0 Å². The first-order chi connectivity index (χ1) is 15.8. The molecule has 0 radical (unpaired) electrons. The molecule has 0 atom stereocenters. The minimum Gasteiger partial charge on any atom is -0.370 e. The fraction of sp³-hybridized carbons (Fsp3) is 0.423. The lowest BCUT2D eigenvalue weighted by Gasteiger charge is -2.33. The van der Waals surface area contributed by atoms with Crippen LogP contribution in [0, 0.1) is 5.92 Å². The summed E-state index contributed by atoms with van der Waals surface area (Å²) in [5.41, 5.74) is 5.84. The first-order valence-corrected chi connectivity index (χ1v) is 13.5. The minimum absolute atomic E-state index is 0.200. The van der Waals surface area contributed by atoms with E-state index in [9.17, 15) is 0 Å². The molecule has 0 amide bonds. The van der Waals surface area contributed by atoms with Gasteiger partial charge in [-0.05, 0) is 43.6 Å². The molecule has 5 rings (SSSR count). The number of hydrogen-bond acceptors (Lipinski definition) is 7. The van der Waals surface area contributed by atoms with E-state index in [1.165, 1.54) is 27.8 Å². The molecule has 1 aliphatic rings. The van der Waals surface area contributed by atoms with E-state index < -0.39 is 0 Å². The van der Waals surface area contributed by atoms with Gasteiger partial charge in [-0.2, -0.15) is 0 Å². The highest BCUT2D eigenvalue weighted by atomic mass is 32.2. The Balaban J connectivity index is 1.71. The van der Waals surface area contributed by atoms with Gasteiger partial charge in [-0.3, -0.25) is 0 Å². The third-order valence-corrected chi connectivity index (χ3v) is 7.67. The summed E-state index contributed by atoms with van der Waals surface area (Å²) < 4.78 is 7.30. The largest absolute Gasteiger partial charge is 0.370 e. The molecular formula is C26H30N4OS2. The van der Waals surface area contributed by atoms with Gasteiger partial charge in [-0.25, -0.2) is 15.0 Å². The summed E-state index contributed by atoms with van der Waals surface area (Å²) in [6.45, 7) is 10.2. The second-order valence-electron chi connectivity index (χ2n) is 9.70. The maximum Gasteiger partial charge on any atom is 0.189 e. The van der Waals surface area contributed by atoms with E-state index in [4.69, 9.17) is 19.7 Å². The molecular weight excluding hydrogens is 448 g/mol. The van der Waals surface area contributed by atoms with Crippen LogP contribution < -0.4 is 5.32 Å². The van der Waals surface area contributed by atoms with Gasteiger partial charge in [0.05, 0.1) is 22.4 Å². The number of nitrogens with one attached hydrogen (secondary N) is 1. The molecule has 0 bridgehead atoms. The van der Waals surface area contributed by atoms with E-state index in [1.807, 2.05) is 12.3 Å². The molecule has 1 aliphatic heterocycles. The van der Waals surface area contributed by atoms with Gasteiger partial charge in [0, 0.05) is 29.6 Å². The Morgan fingerprint density at radius 2 is 1.91 bits per heavy atom. The average Bonchev–Trinajstić information content (AvgIpc) is 3.15. The lowest BCUT2D eigenvalue weighted by atomic mass is 9.88. The van der Waals surface area contributed by atoms with Gasteiger partial charge in [0.15, 0.2) is 5.16 Å². The van der Waals surface area contributed by atoms with E-state index >= 15 is 0 Å². The molecule has 3 aromatic heterocycles. The predicted octanol–water partition coefficient (Wildman–Crippen LogP) is 6.62. The zero-order chi connectivity index (χ0) is 23.2. The summed E-state index contributed by atoms with van der Waals surface area (Å²) in [5.74, 6) is 1.43. The van der Waals surface area contributed by atoms with Crippen molar-refractivity contribution in [2.24, 2.45) is 5.92 Å². The van der Waals surface area contributed by atoms with Crippen LogP contribution in [0.3, 0.4) is 0 Å². The number of thioether (sulfide) groups is 1. The van der Waals surface area contributed by atoms with Crippen LogP contribution in [0.25, 0.3) is 20.4 Å². The molecule has 0 fully saturated rings. The number of nitrogens with zero attached hydrogens (tertiary/aromatic N) is 3. The summed E-state index contributed by atoms with van der Waals surface area (Å²) in [5, 5.41) is 5.55. The molecule has 0 saturated carbocycles. The van der Waals surface area contributed by atoms with E-state index in [1.54, 1.807) is 23.1 Å². The highest BCUT2D eigenvalue weighted by Crippen LogP contribution is 2.43. The standard InChI is InChI=1S/C26H30N4OS2/c1-15(2)11-19-18-14-31-26(3,4)12-17(18)20-21-22(33-24(20)28-19)23(30-25(29-21)32-5)27-13-16-9-7-6-8-10-16/h6-10,15H,11-14H2,1-5H3,(H,27,29,30). The fourth-order valence-electron chi connectivity index (χ4n) is 4.47. The summed E-state index contributed by atoms with van der Waals surface area (Å²) in [6, 6.07) is 10.4. The molecule has 172 valence electrons. The Morgan fingerprint density at radius 3 is 2.64 bits per heavy atom. The van der Waals surface area contributed by atoms with Crippen molar-refractivity contribution >= 4 is 49.3 Å². The SMILES string of the molecule is CSc1nc(NCc2ccccc2)c2sc3nc(CC(C)C)c4c(c3c2n1)CC(C)(C)OC4. The van der Waals surface area contributed by atoms with Crippen LogP contribution in [0.4, 0.5) is 5.82 Å². The van der Waals surface area contributed by atoms with Crippen LogP contribution in [0.2, 0.25) is 0 Å². The van der Waals surface area contributed by atoms with Crippen molar-refractivity contribution in [3.8, 4) is 0 Å². The van der Waals surface area contributed by atoms with E-state index in [-0.39, 0.29) is 5.60 Å². The van der Waals surface area contributed by atoms with Crippen LogP contribution in [-0.2, 0) is 30.7 Å². The Kier molecular flexibility index (Phi) is 6.05. The molecule has 5 nitrogen and oxygen atoms in total. The first-order valence-electron chi connectivity index (χ1n) is 11.5. The van der Waals surface area contributed by atoms with Crippen LogP contribution in [-0.4, -0.2) is 26.8 Å². The lowest BCUT2D eigenvalue weighted by Crippen LogP contribution is -2.33. The molecule has 4 aromatic rings. The molecule has 0 aliphatic carbocycles. The first kappa shape index (κ1) is 22.6. The van der Waals surface area contributed by atoms with Crippen molar-refractivity contribution in [2.75, 3.05) is 11.6 Å². The molecule has 4 heterocycles. The molecule has 33 heavy (non-hydrogen) atoms. The molecule has 1 N–H and O–H groups in total. The number of aromatic nitrogens is 3. The third kappa shape index (κ3) is 4.46. The van der Waals surface area contributed by atoms with E-state index in [0.717, 1.165) is 45.4 Å². The van der Waals surface area contributed by atoms with Crippen LogP contribution in [0.15, 0.2) is 35.5 Å². The van der Waals surface area contributed by atoms with Gasteiger partial charge in [-0.1, -0.05) is 55.9 Å². The lowest BCUT2D eigenvalue weighted by molar-refractivity contribution is -0.0402. The Morgan fingerprint density at radius 1 is 1.12 bits per heavy atom. The summed E-state index contributed by atoms with van der Waals surface area (Å²) in [4.78, 5) is 16.1. The Bertz CT molecular complexity index is 1310. The van der Waals surface area contributed by atoms with E-state index in [2.05, 4.69) is 57.3 Å². The quantitative estimate of drug-likeness (QED) is 0.248. The number of fused-ring (bicyclic) bond motifs is 5. The van der Waals surface area contributed by atoms with Crippen molar-refractivity contribution in [2.45, 2.75) is 64.4 Å². The maximum atomic E-state index is 6.22. The highest BCUT2D eigenvalue weighted by Gasteiger charge is 2.32. The van der Waals surface area contributed by atoms with Crippen molar-refractivity contribution in [1.82, 2.24) is 15.0 Å². The van der Waals surface area contributed by atoms with Crippen molar-refractivity contribution in [3.63, 3.8) is 0 Å². The van der Waals surface area contributed by atoms with Crippen LogP contribution >= 0.6 is 23.1 Å².